The van der Waals surface area contributed by atoms with Gasteiger partial charge in [-0.25, -0.2) is 0 Å². The van der Waals surface area contributed by atoms with Crippen molar-refractivity contribution < 1.29 is 37.6 Å². The van der Waals surface area contributed by atoms with Crippen LogP contribution in [-0.4, -0.2) is 144 Å². The van der Waals surface area contributed by atoms with E-state index in [1.807, 2.05) is 14.1 Å². The SMILES string of the molecule is CCCC[N+](C)(C)CCCNC(=O)C(CSCC(OC)OC)NC(=O)C#CCC1(CNC(=O)C[N+](C)(C)CCC)CO1. The number of nitrogens with one attached hydrogen (secondary N) is 3. The van der Waals surface area contributed by atoms with E-state index in [2.05, 4.69) is 55.7 Å². The van der Waals surface area contributed by atoms with E-state index in [1.54, 1.807) is 14.2 Å². The quantitative estimate of drug-likeness (QED) is 0.0546. The van der Waals surface area contributed by atoms with Gasteiger partial charge in [0, 0.05) is 45.1 Å². The van der Waals surface area contributed by atoms with Crippen molar-refractivity contribution in [1.82, 2.24) is 16.0 Å². The molecule has 1 heterocycles. The number of likely N-dealkylation sites (N-methyl/N-ethyl adjacent to an activating group) is 1. The number of quaternary nitrogens is 2. The Kier molecular flexibility index (Phi) is 17.6. The van der Waals surface area contributed by atoms with Crippen LogP contribution in [0, 0.1) is 11.8 Å². The lowest BCUT2D eigenvalue weighted by molar-refractivity contribution is -0.890. The number of methoxy groups -OCH3 is 2. The molecule has 0 spiro atoms. The van der Waals surface area contributed by atoms with Crippen molar-refractivity contribution in [2.75, 3.05) is 99.8 Å². The summed E-state index contributed by atoms with van der Waals surface area (Å²) in [6.45, 7) is 9.03. The lowest BCUT2D eigenvalue weighted by Gasteiger charge is -2.29. The minimum Gasteiger partial charge on any atom is -0.367 e. The van der Waals surface area contributed by atoms with Gasteiger partial charge in [-0.1, -0.05) is 26.2 Å². The molecule has 0 bridgehead atoms. The molecule has 1 saturated heterocycles. The zero-order valence-electron chi connectivity index (χ0n) is 27.3. The van der Waals surface area contributed by atoms with Crippen molar-refractivity contribution in [2.24, 2.45) is 0 Å². The van der Waals surface area contributed by atoms with Gasteiger partial charge in [-0.2, -0.15) is 11.8 Å². The molecule has 0 radical (unpaired) electrons. The Hall–Kier alpha value is -1.88. The second-order valence-corrected chi connectivity index (χ2v) is 13.5. The number of thioether (sulfide) groups is 1. The lowest BCUT2D eigenvalue weighted by Crippen LogP contribution is -2.49. The Balaban J connectivity index is 2.63. The predicted molar refractivity (Wildman–Crippen MR) is 168 cm³/mol. The van der Waals surface area contributed by atoms with Gasteiger partial charge in [0.05, 0.1) is 61.0 Å². The highest BCUT2D eigenvalue weighted by Gasteiger charge is 2.44. The molecular formula is C30H57N5O6S+2. The Morgan fingerprint density at radius 1 is 0.952 bits per heavy atom. The summed E-state index contributed by atoms with van der Waals surface area (Å²) in [5, 5.41) is 8.68. The van der Waals surface area contributed by atoms with Gasteiger partial charge in [-0.3, -0.25) is 14.4 Å². The fourth-order valence-electron chi connectivity index (χ4n) is 4.47. The first kappa shape index (κ1) is 38.1. The van der Waals surface area contributed by atoms with Crippen molar-refractivity contribution in [3.05, 3.63) is 0 Å². The molecule has 0 saturated carbocycles. The zero-order chi connectivity index (χ0) is 31.7. The summed E-state index contributed by atoms with van der Waals surface area (Å²) < 4.78 is 17.6. The van der Waals surface area contributed by atoms with E-state index in [1.165, 1.54) is 18.2 Å². The van der Waals surface area contributed by atoms with E-state index in [9.17, 15) is 14.4 Å². The molecule has 1 aliphatic rings. The minimum absolute atomic E-state index is 0.0342. The smallest absolute Gasteiger partial charge is 0.296 e. The van der Waals surface area contributed by atoms with Gasteiger partial charge < -0.3 is 39.1 Å². The van der Waals surface area contributed by atoms with E-state index in [0.29, 0.717) is 48.7 Å². The van der Waals surface area contributed by atoms with Crippen molar-refractivity contribution in [3.63, 3.8) is 0 Å². The first-order valence-corrected chi connectivity index (χ1v) is 16.2. The van der Waals surface area contributed by atoms with Crippen LogP contribution in [0.1, 0.15) is 46.0 Å². The van der Waals surface area contributed by atoms with Gasteiger partial charge in [0.2, 0.25) is 5.91 Å². The minimum atomic E-state index is -0.747. The number of carbonyl (C=O) groups is 3. The highest BCUT2D eigenvalue weighted by atomic mass is 32.2. The number of amides is 3. The van der Waals surface area contributed by atoms with Crippen LogP contribution in [0.2, 0.25) is 0 Å². The van der Waals surface area contributed by atoms with Crippen LogP contribution in [-0.2, 0) is 28.6 Å². The number of carbonyl (C=O) groups excluding carboxylic acids is 3. The number of hydrogen-bond acceptors (Lipinski definition) is 7. The zero-order valence-corrected chi connectivity index (χ0v) is 28.1. The summed E-state index contributed by atoms with van der Waals surface area (Å²) in [5.74, 6) is 5.55. The number of nitrogens with zero attached hydrogens (tertiary/aromatic N) is 2. The van der Waals surface area contributed by atoms with E-state index in [-0.39, 0.29) is 11.8 Å². The molecular weight excluding hydrogens is 558 g/mol. The normalized spacial score (nSPS) is 17.3. The molecule has 12 heteroatoms. The summed E-state index contributed by atoms with van der Waals surface area (Å²) >= 11 is 1.46. The lowest BCUT2D eigenvalue weighted by atomic mass is 10.1. The summed E-state index contributed by atoms with van der Waals surface area (Å²) in [4.78, 5) is 38.1. The third-order valence-electron chi connectivity index (χ3n) is 7.22. The van der Waals surface area contributed by atoms with Gasteiger partial charge in [0.25, 0.3) is 11.8 Å². The Morgan fingerprint density at radius 2 is 1.62 bits per heavy atom. The molecule has 0 aromatic heterocycles. The molecule has 242 valence electrons. The molecule has 42 heavy (non-hydrogen) atoms. The largest absolute Gasteiger partial charge is 0.367 e. The van der Waals surface area contributed by atoms with E-state index in [4.69, 9.17) is 14.2 Å². The van der Waals surface area contributed by atoms with Gasteiger partial charge in [-0.15, -0.1) is 0 Å². The molecule has 3 N–H and O–H groups in total. The monoisotopic (exact) mass is 615 g/mol. The molecule has 0 aromatic rings. The van der Waals surface area contributed by atoms with Crippen molar-refractivity contribution in [3.8, 4) is 11.8 Å². The maximum atomic E-state index is 13.0. The third kappa shape index (κ3) is 16.7. The van der Waals surface area contributed by atoms with Crippen molar-refractivity contribution in [1.29, 1.82) is 0 Å². The topological polar surface area (TPSA) is 118 Å². The van der Waals surface area contributed by atoms with E-state index >= 15 is 0 Å². The Bertz CT molecular complexity index is 896. The predicted octanol–water partition coefficient (Wildman–Crippen LogP) is 0.971. The average Bonchev–Trinajstić information content (AvgIpc) is 3.70. The summed E-state index contributed by atoms with van der Waals surface area (Å²) in [6, 6.07) is -0.747. The number of rotatable bonds is 22. The second kappa shape index (κ2) is 19.4. The number of ether oxygens (including phenoxy) is 3. The summed E-state index contributed by atoms with van der Waals surface area (Å²) in [5.41, 5.74) is -0.559. The van der Waals surface area contributed by atoms with Crippen LogP contribution in [0.5, 0.6) is 0 Å². The van der Waals surface area contributed by atoms with Gasteiger partial charge in [0.15, 0.2) is 12.8 Å². The van der Waals surface area contributed by atoms with Crippen molar-refractivity contribution in [2.45, 2.75) is 63.9 Å². The fourth-order valence-corrected chi connectivity index (χ4v) is 5.55. The molecule has 1 aliphatic heterocycles. The van der Waals surface area contributed by atoms with Gasteiger partial charge in [-0.05, 0) is 18.8 Å². The molecule has 11 nitrogen and oxygen atoms in total. The first-order valence-electron chi connectivity index (χ1n) is 15.1. The molecule has 2 atom stereocenters. The maximum absolute atomic E-state index is 13.0. The number of unbranched alkanes of at least 4 members (excludes halogenated alkanes) is 1. The number of epoxide rings is 1. The standard InChI is InChI=1S/C30H55N5O6S/c1-9-11-18-34(3,4)19-13-16-31-29(38)25(21-42-22-28(39-7)40-8)33-26(36)14-12-15-30(24-41-30)23-32-27(37)20-35(5,6)17-10-2/h25,28H,9-11,13,15-24H2,1-8H3,(H-2,31,32,33,36,37,38)/p+2. The van der Waals surface area contributed by atoms with Gasteiger partial charge in [0.1, 0.15) is 11.6 Å². The Labute approximate surface area is 258 Å². The summed E-state index contributed by atoms with van der Waals surface area (Å²) in [6.07, 6.45) is 4.10. The molecule has 2 unspecified atom stereocenters. The van der Waals surface area contributed by atoms with Crippen molar-refractivity contribution >= 4 is 29.5 Å². The molecule has 0 aliphatic carbocycles. The Morgan fingerprint density at radius 3 is 2.21 bits per heavy atom. The molecule has 1 rings (SSSR count). The van der Waals surface area contributed by atoms with E-state index in [0.717, 1.165) is 43.4 Å². The molecule has 1 fully saturated rings. The van der Waals surface area contributed by atoms with Crippen LogP contribution in [0.4, 0.5) is 0 Å². The van der Waals surface area contributed by atoms with Crippen LogP contribution >= 0.6 is 11.8 Å². The molecule has 0 aromatic carbocycles. The van der Waals surface area contributed by atoms with Crippen LogP contribution < -0.4 is 16.0 Å². The van der Waals surface area contributed by atoms with E-state index < -0.39 is 23.8 Å². The third-order valence-corrected chi connectivity index (χ3v) is 8.29. The highest BCUT2D eigenvalue weighted by Crippen LogP contribution is 2.29. The fraction of sp³-hybridized carbons (Fsp3) is 0.833. The summed E-state index contributed by atoms with van der Waals surface area (Å²) in [7, 11) is 11.6. The average molecular weight is 616 g/mol. The first-order chi connectivity index (χ1) is 19.8. The van der Waals surface area contributed by atoms with Gasteiger partial charge >= 0.3 is 0 Å². The number of hydrogen-bond donors (Lipinski definition) is 3. The van der Waals surface area contributed by atoms with Crippen LogP contribution in [0.3, 0.4) is 0 Å². The van der Waals surface area contributed by atoms with Crippen LogP contribution in [0.25, 0.3) is 0 Å². The van der Waals surface area contributed by atoms with Crippen LogP contribution in [0.15, 0.2) is 0 Å². The maximum Gasteiger partial charge on any atom is 0.296 e. The molecule has 3 amide bonds. The highest BCUT2D eigenvalue weighted by molar-refractivity contribution is 7.99. The second-order valence-electron chi connectivity index (χ2n) is 12.4.